The van der Waals surface area contributed by atoms with Gasteiger partial charge in [0, 0.05) is 16.5 Å². The summed E-state index contributed by atoms with van der Waals surface area (Å²) in [6, 6.07) is 58.9. The summed E-state index contributed by atoms with van der Waals surface area (Å²) in [4.78, 5) is 0. The zero-order chi connectivity index (χ0) is 30.6. The van der Waals surface area contributed by atoms with Crippen molar-refractivity contribution in [1.29, 1.82) is 0 Å². The van der Waals surface area contributed by atoms with Crippen molar-refractivity contribution in [1.82, 2.24) is 0 Å². The summed E-state index contributed by atoms with van der Waals surface area (Å²) in [7, 11) is -0.995. The van der Waals surface area contributed by atoms with Gasteiger partial charge in [-0.3, -0.25) is 0 Å². The molecule has 220 valence electrons. The average Bonchev–Trinajstić information content (AvgIpc) is 3.09. The lowest BCUT2D eigenvalue weighted by Gasteiger charge is -2.45. The Morgan fingerprint density at radius 3 is 1.13 bits per heavy atom. The zero-order valence-corrected chi connectivity index (χ0v) is 28.8. The molecule has 0 fully saturated rings. The Hall–Kier alpha value is -3.30. The van der Waals surface area contributed by atoms with E-state index in [9.17, 15) is 0 Å². The van der Waals surface area contributed by atoms with Crippen LogP contribution in [0.3, 0.4) is 0 Å². The SMILES string of the molecule is CC1(C)c2cccc3c2Oc2c1cccc2[P+](c1ccccc1)(c1ccccc1)P(CCl)[P+]3(c1ccccc1)c1ccccc1. The molecule has 6 aromatic rings. The first-order valence-electron chi connectivity index (χ1n) is 15.4. The maximum Gasteiger partial charge on any atom is 0.256 e. The summed E-state index contributed by atoms with van der Waals surface area (Å²) in [6.45, 7) is -0.214. The monoisotopic (exact) mass is 658 g/mol. The van der Waals surface area contributed by atoms with Crippen LogP contribution in [-0.2, 0) is 5.41 Å². The first kappa shape index (κ1) is 29.1. The van der Waals surface area contributed by atoms with Crippen LogP contribution >= 0.6 is 32.8 Å². The fourth-order valence-electron chi connectivity index (χ4n) is 7.58. The number of alkyl halides is 1. The minimum atomic E-state index is -2.47. The zero-order valence-electron chi connectivity index (χ0n) is 25.3. The number of hydrogen-bond acceptors (Lipinski definition) is 1. The molecule has 0 unspecified atom stereocenters. The van der Waals surface area contributed by atoms with E-state index in [4.69, 9.17) is 16.3 Å². The highest BCUT2D eigenvalue weighted by Crippen LogP contribution is 3.01. The molecule has 0 aliphatic carbocycles. The summed E-state index contributed by atoms with van der Waals surface area (Å²) in [5, 5.41) is 8.07. The molecule has 0 atom stereocenters. The molecule has 6 aromatic carbocycles. The second-order valence-electron chi connectivity index (χ2n) is 12.1. The molecule has 2 aliphatic rings. The average molecular weight is 659 g/mol. The molecule has 5 heteroatoms. The number of rotatable bonds is 5. The molecule has 45 heavy (non-hydrogen) atoms. The molecule has 0 saturated heterocycles. The molecular formula is C40H34ClOP3+2. The third kappa shape index (κ3) is 4.05. The van der Waals surface area contributed by atoms with Crippen LogP contribution in [0.15, 0.2) is 158 Å². The van der Waals surface area contributed by atoms with E-state index >= 15 is 0 Å². The van der Waals surface area contributed by atoms with Gasteiger partial charge in [0.25, 0.3) is 7.30 Å². The number of para-hydroxylation sites is 2. The van der Waals surface area contributed by atoms with Crippen LogP contribution in [0.5, 0.6) is 11.5 Å². The molecule has 0 saturated carbocycles. The van der Waals surface area contributed by atoms with Crippen LogP contribution < -0.4 is 36.6 Å². The third-order valence-electron chi connectivity index (χ3n) is 9.56. The van der Waals surface area contributed by atoms with Gasteiger partial charge in [-0.25, -0.2) is 0 Å². The smallest absolute Gasteiger partial charge is 0.256 e. The molecule has 0 aromatic heterocycles. The Labute approximate surface area is 273 Å². The van der Waals surface area contributed by atoms with E-state index in [2.05, 4.69) is 172 Å². The highest BCUT2D eigenvalue weighted by molar-refractivity contribution is 8.78. The van der Waals surface area contributed by atoms with Gasteiger partial charge < -0.3 is 4.74 Å². The molecule has 1 nitrogen and oxygen atoms in total. The van der Waals surface area contributed by atoms with Crippen molar-refractivity contribution in [3.8, 4) is 11.5 Å². The van der Waals surface area contributed by atoms with Crippen molar-refractivity contribution < 1.29 is 4.74 Å². The maximum absolute atomic E-state index is 7.66. The van der Waals surface area contributed by atoms with E-state index in [0.29, 0.717) is 5.62 Å². The fraction of sp³-hybridized carbons (Fsp3) is 0.100. The van der Waals surface area contributed by atoms with Gasteiger partial charge in [-0.15, -0.1) is 11.6 Å². The molecule has 0 spiro atoms. The van der Waals surface area contributed by atoms with Gasteiger partial charge in [-0.1, -0.05) is 111 Å². The fourth-order valence-corrected chi connectivity index (χ4v) is 36.9. The van der Waals surface area contributed by atoms with Crippen molar-refractivity contribution in [3.05, 3.63) is 169 Å². The Bertz CT molecular complexity index is 1780. The second kappa shape index (κ2) is 11.2. The largest absolute Gasteiger partial charge is 0.448 e. The van der Waals surface area contributed by atoms with E-state index in [1.165, 1.54) is 43.0 Å². The number of benzene rings is 6. The first-order chi connectivity index (χ1) is 22.1. The van der Waals surface area contributed by atoms with Gasteiger partial charge in [0.15, 0.2) is 36.0 Å². The van der Waals surface area contributed by atoms with Gasteiger partial charge in [0.05, 0.1) is 0 Å². The molecule has 8 rings (SSSR count). The molecule has 2 bridgehead atoms. The van der Waals surface area contributed by atoms with E-state index in [1.54, 1.807) is 0 Å². The van der Waals surface area contributed by atoms with Gasteiger partial charge in [0.2, 0.25) is 0 Å². The second-order valence-corrected chi connectivity index (χ2v) is 26.9. The Morgan fingerprint density at radius 1 is 0.489 bits per heavy atom. The summed E-state index contributed by atoms with van der Waals surface area (Å²) in [6.07, 6.45) is 0. The predicted octanol–water partition coefficient (Wildman–Crippen LogP) is 9.23. The molecule has 0 radical (unpaired) electrons. The molecule has 0 amide bonds. The minimum Gasteiger partial charge on any atom is -0.448 e. The van der Waals surface area contributed by atoms with Gasteiger partial charge >= 0.3 is 0 Å². The van der Waals surface area contributed by atoms with Crippen LogP contribution in [0.4, 0.5) is 0 Å². The highest BCUT2D eigenvalue weighted by Gasteiger charge is 2.72. The molecule has 2 heterocycles. The standard InChI is InChI=1S/C40H34ClOP3/c1-40(2)34-25-15-27-36-38(34)42-39-35(40)26-16-28-37(39)45(32-21-11-5-12-22-32,33-23-13-6-14-24-33)43(29-41)44(36,30-17-7-3-8-18-30)31-19-9-4-10-20-31/h3-28H,29H2,1-2H3/q+2. The summed E-state index contributed by atoms with van der Waals surface area (Å²) in [5.41, 5.74) is 2.80. The van der Waals surface area contributed by atoms with Crippen LogP contribution in [0.1, 0.15) is 25.0 Å². The Balaban J connectivity index is 1.68. The Kier molecular flexibility index (Phi) is 7.24. The minimum absolute atomic E-state index is 0.248. The van der Waals surface area contributed by atoms with Crippen LogP contribution in [-0.4, -0.2) is 5.62 Å². The number of halogens is 1. The molecule has 2 aliphatic heterocycles. The topological polar surface area (TPSA) is 9.23 Å². The van der Waals surface area contributed by atoms with Gasteiger partial charge in [0.1, 0.15) is 26.8 Å². The van der Waals surface area contributed by atoms with Gasteiger partial charge in [-0.05, 0) is 60.7 Å². The first-order valence-corrected chi connectivity index (χ1v) is 22.4. The number of ether oxygens (including phenoxy) is 1. The lowest BCUT2D eigenvalue weighted by molar-refractivity contribution is 0.425. The molecular weight excluding hydrogens is 625 g/mol. The normalized spacial score (nSPS) is 17.0. The van der Waals surface area contributed by atoms with Crippen molar-refractivity contribution in [2.24, 2.45) is 0 Å². The van der Waals surface area contributed by atoms with Crippen molar-refractivity contribution in [3.63, 3.8) is 0 Å². The van der Waals surface area contributed by atoms with Crippen LogP contribution in [0.25, 0.3) is 0 Å². The van der Waals surface area contributed by atoms with E-state index in [1.807, 2.05) is 0 Å². The van der Waals surface area contributed by atoms with Crippen molar-refractivity contribution in [2.75, 3.05) is 5.62 Å². The summed E-state index contributed by atoms with van der Waals surface area (Å²) < 4.78 is 7.43. The van der Waals surface area contributed by atoms with E-state index in [0.717, 1.165) is 11.5 Å². The summed E-state index contributed by atoms with van der Waals surface area (Å²) in [5.74, 6) is 2.06. The maximum atomic E-state index is 7.66. The lowest BCUT2D eigenvalue weighted by atomic mass is 9.76. The quantitative estimate of drug-likeness (QED) is 0.133. The van der Waals surface area contributed by atoms with Crippen LogP contribution in [0, 0.1) is 0 Å². The van der Waals surface area contributed by atoms with E-state index < -0.39 is 21.2 Å². The third-order valence-corrected chi connectivity index (χ3v) is 33.1. The van der Waals surface area contributed by atoms with Crippen molar-refractivity contribution in [2.45, 2.75) is 19.3 Å². The summed E-state index contributed by atoms with van der Waals surface area (Å²) >= 11 is 7.66. The van der Waals surface area contributed by atoms with Crippen LogP contribution in [0.2, 0.25) is 0 Å². The number of hydrogen-bond donors (Lipinski definition) is 0. The highest BCUT2D eigenvalue weighted by atomic mass is 35.5. The Morgan fingerprint density at radius 2 is 0.822 bits per heavy atom. The van der Waals surface area contributed by atoms with Gasteiger partial charge in [-0.2, -0.15) is 0 Å². The van der Waals surface area contributed by atoms with Crippen molar-refractivity contribution >= 4 is 64.6 Å². The molecule has 0 N–H and O–H groups in total. The van der Waals surface area contributed by atoms with E-state index in [-0.39, 0.29) is 5.41 Å². The lowest BCUT2D eigenvalue weighted by Crippen LogP contribution is -2.41. The predicted molar refractivity (Wildman–Crippen MR) is 200 cm³/mol.